The van der Waals surface area contributed by atoms with Gasteiger partial charge in [0.2, 0.25) is 0 Å². The summed E-state index contributed by atoms with van der Waals surface area (Å²) in [6, 6.07) is 3.27. The summed E-state index contributed by atoms with van der Waals surface area (Å²) in [5, 5.41) is 20.5. The maximum Gasteiger partial charge on any atom is 0.488 e. The zero-order valence-corrected chi connectivity index (χ0v) is 10.4. The van der Waals surface area contributed by atoms with Crippen molar-refractivity contribution < 1.29 is 19.2 Å². The lowest BCUT2D eigenvalue weighted by molar-refractivity contribution is 0.0950. The molecule has 0 aliphatic heterocycles. The fraction of sp³-hybridized carbons (Fsp3) is 0.364. The summed E-state index contributed by atoms with van der Waals surface area (Å²) in [5.74, 6) is -1.13. The lowest BCUT2D eigenvalue weighted by atomic mass is 9.79. The highest BCUT2D eigenvalue weighted by Gasteiger charge is 2.15. The van der Waals surface area contributed by atoms with E-state index in [4.69, 9.17) is 10.0 Å². The second-order valence-electron chi connectivity index (χ2n) is 4.21. The Morgan fingerprint density at radius 1 is 1.39 bits per heavy atom. The van der Waals surface area contributed by atoms with Crippen molar-refractivity contribution >= 4 is 18.5 Å². The number of hydrogen-bond donors (Lipinski definition) is 3. The molecule has 0 fully saturated rings. The van der Waals surface area contributed by atoms with Gasteiger partial charge in [0.15, 0.2) is 0 Å². The SMILES string of the molecule is CN(C)CCNC(=O)c1cc(F)cc(B(O)O)c1. The lowest BCUT2D eigenvalue weighted by Crippen LogP contribution is -2.34. The number of halogens is 1. The number of nitrogens with zero attached hydrogens (tertiary/aromatic N) is 1. The van der Waals surface area contributed by atoms with Crippen LogP contribution in [0.15, 0.2) is 18.2 Å². The summed E-state index contributed by atoms with van der Waals surface area (Å²) in [5.41, 5.74) is 0.0182. The third-order valence-electron chi connectivity index (χ3n) is 2.33. The molecule has 0 spiro atoms. The lowest BCUT2D eigenvalue weighted by Gasteiger charge is -2.11. The summed E-state index contributed by atoms with van der Waals surface area (Å²) in [4.78, 5) is 13.6. The Labute approximate surface area is 105 Å². The van der Waals surface area contributed by atoms with Gasteiger partial charge in [-0.05, 0) is 37.8 Å². The fourth-order valence-electron chi connectivity index (χ4n) is 1.39. The average molecular weight is 254 g/mol. The van der Waals surface area contributed by atoms with Crippen molar-refractivity contribution in [3.8, 4) is 0 Å². The number of rotatable bonds is 5. The van der Waals surface area contributed by atoms with Crippen molar-refractivity contribution in [3.63, 3.8) is 0 Å². The summed E-state index contributed by atoms with van der Waals surface area (Å²) in [6.07, 6.45) is 0. The largest absolute Gasteiger partial charge is 0.488 e. The summed E-state index contributed by atoms with van der Waals surface area (Å²) in [6.45, 7) is 1.09. The van der Waals surface area contributed by atoms with Crippen molar-refractivity contribution in [2.75, 3.05) is 27.2 Å². The van der Waals surface area contributed by atoms with Crippen LogP contribution in [0.4, 0.5) is 4.39 Å². The van der Waals surface area contributed by atoms with Gasteiger partial charge in [-0.1, -0.05) is 0 Å². The van der Waals surface area contributed by atoms with E-state index in [0.29, 0.717) is 13.1 Å². The van der Waals surface area contributed by atoms with Crippen molar-refractivity contribution in [1.29, 1.82) is 0 Å². The maximum absolute atomic E-state index is 13.2. The Bertz CT molecular complexity index is 427. The first-order valence-electron chi connectivity index (χ1n) is 5.49. The number of carbonyl (C=O) groups is 1. The summed E-state index contributed by atoms with van der Waals surface area (Å²) >= 11 is 0. The predicted octanol–water partition coefficient (Wildman–Crippen LogP) is -1.20. The fourth-order valence-corrected chi connectivity index (χ4v) is 1.39. The molecule has 0 aliphatic rings. The van der Waals surface area contributed by atoms with Crippen molar-refractivity contribution in [3.05, 3.63) is 29.6 Å². The third kappa shape index (κ3) is 4.44. The molecule has 0 saturated carbocycles. The zero-order valence-electron chi connectivity index (χ0n) is 10.4. The van der Waals surface area contributed by atoms with Crippen LogP contribution in [0, 0.1) is 5.82 Å². The van der Waals surface area contributed by atoms with Gasteiger partial charge in [-0.2, -0.15) is 0 Å². The van der Waals surface area contributed by atoms with E-state index < -0.39 is 18.8 Å². The van der Waals surface area contributed by atoms with E-state index >= 15 is 0 Å². The van der Waals surface area contributed by atoms with Gasteiger partial charge in [0.1, 0.15) is 5.82 Å². The van der Waals surface area contributed by atoms with Crippen LogP contribution in [0.5, 0.6) is 0 Å². The number of nitrogens with one attached hydrogen (secondary N) is 1. The van der Waals surface area contributed by atoms with Crippen LogP contribution in [0.3, 0.4) is 0 Å². The molecule has 0 atom stereocenters. The second-order valence-corrected chi connectivity index (χ2v) is 4.21. The molecule has 1 amide bonds. The molecule has 7 heteroatoms. The van der Waals surface area contributed by atoms with Crippen molar-refractivity contribution in [1.82, 2.24) is 10.2 Å². The molecule has 0 saturated heterocycles. The van der Waals surface area contributed by atoms with Crippen molar-refractivity contribution in [2.24, 2.45) is 0 Å². The molecule has 5 nitrogen and oxygen atoms in total. The van der Waals surface area contributed by atoms with Crippen LogP contribution in [0.2, 0.25) is 0 Å². The standard InChI is InChI=1S/C11H16BFN2O3/c1-15(2)4-3-14-11(16)8-5-9(12(17)18)7-10(13)6-8/h5-7,17-18H,3-4H2,1-2H3,(H,14,16). The molecule has 0 unspecified atom stereocenters. The highest BCUT2D eigenvalue weighted by molar-refractivity contribution is 6.58. The molecular formula is C11H16BFN2O3. The Hall–Kier alpha value is -1.44. The van der Waals surface area contributed by atoms with Gasteiger partial charge in [0.05, 0.1) is 0 Å². The molecular weight excluding hydrogens is 238 g/mol. The molecule has 0 heterocycles. The molecule has 1 aromatic carbocycles. The summed E-state index contributed by atoms with van der Waals surface area (Å²) in [7, 11) is 1.94. The van der Waals surface area contributed by atoms with Crippen LogP contribution < -0.4 is 10.8 Å². The van der Waals surface area contributed by atoms with E-state index in [0.717, 1.165) is 12.1 Å². The number of hydrogen-bond acceptors (Lipinski definition) is 4. The molecule has 3 N–H and O–H groups in total. The van der Waals surface area contributed by atoms with E-state index in [-0.39, 0.29) is 11.0 Å². The van der Waals surface area contributed by atoms with Gasteiger partial charge in [-0.25, -0.2) is 4.39 Å². The van der Waals surface area contributed by atoms with Crippen LogP contribution in [-0.2, 0) is 0 Å². The molecule has 0 bridgehead atoms. The van der Waals surface area contributed by atoms with E-state index in [9.17, 15) is 9.18 Å². The minimum Gasteiger partial charge on any atom is -0.423 e. The molecule has 1 rings (SSSR count). The Morgan fingerprint density at radius 2 is 2.06 bits per heavy atom. The number of carbonyl (C=O) groups excluding carboxylic acids is 1. The number of likely N-dealkylation sites (N-methyl/N-ethyl adjacent to an activating group) is 1. The Morgan fingerprint density at radius 3 is 2.61 bits per heavy atom. The Kier molecular flexibility index (Phi) is 5.27. The number of benzene rings is 1. The first-order valence-corrected chi connectivity index (χ1v) is 5.49. The topological polar surface area (TPSA) is 72.8 Å². The highest BCUT2D eigenvalue weighted by Crippen LogP contribution is 2.02. The van der Waals surface area contributed by atoms with Gasteiger partial charge in [-0.15, -0.1) is 0 Å². The predicted molar refractivity (Wildman–Crippen MR) is 67.1 cm³/mol. The second kappa shape index (κ2) is 6.48. The third-order valence-corrected chi connectivity index (χ3v) is 2.33. The van der Waals surface area contributed by atoms with E-state index in [1.54, 1.807) is 0 Å². The Balaban J connectivity index is 2.73. The van der Waals surface area contributed by atoms with E-state index in [2.05, 4.69) is 5.32 Å². The smallest absolute Gasteiger partial charge is 0.423 e. The minimum absolute atomic E-state index is 0.0484. The monoisotopic (exact) mass is 254 g/mol. The van der Waals surface area contributed by atoms with Gasteiger partial charge in [-0.3, -0.25) is 4.79 Å². The summed E-state index contributed by atoms with van der Waals surface area (Å²) < 4.78 is 13.2. The first-order chi connectivity index (χ1) is 8.40. The number of amides is 1. The average Bonchev–Trinajstić information content (AvgIpc) is 2.27. The molecule has 0 aliphatic carbocycles. The van der Waals surface area contributed by atoms with E-state index in [1.165, 1.54) is 6.07 Å². The van der Waals surface area contributed by atoms with Crippen LogP contribution >= 0.6 is 0 Å². The van der Waals surface area contributed by atoms with Crippen LogP contribution in [-0.4, -0.2) is 55.2 Å². The normalized spacial score (nSPS) is 10.6. The van der Waals surface area contributed by atoms with E-state index in [1.807, 2.05) is 19.0 Å². The molecule has 98 valence electrons. The van der Waals surface area contributed by atoms with Gasteiger partial charge < -0.3 is 20.3 Å². The van der Waals surface area contributed by atoms with Gasteiger partial charge in [0, 0.05) is 18.7 Å². The van der Waals surface area contributed by atoms with Crippen LogP contribution in [0.25, 0.3) is 0 Å². The maximum atomic E-state index is 13.2. The quantitative estimate of drug-likeness (QED) is 0.577. The van der Waals surface area contributed by atoms with Crippen molar-refractivity contribution in [2.45, 2.75) is 0 Å². The highest BCUT2D eigenvalue weighted by atomic mass is 19.1. The van der Waals surface area contributed by atoms with Gasteiger partial charge in [0.25, 0.3) is 5.91 Å². The minimum atomic E-state index is -1.80. The van der Waals surface area contributed by atoms with Gasteiger partial charge >= 0.3 is 7.12 Å². The molecule has 0 radical (unpaired) electrons. The zero-order chi connectivity index (χ0) is 13.7. The molecule has 0 aromatic heterocycles. The molecule has 1 aromatic rings. The molecule has 18 heavy (non-hydrogen) atoms. The van der Waals surface area contributed by atoms with Crippen LogP contribution in [0.1, 0.15) is 10.4 Å². The first kappa shape index (κ1) is 14.6.